The van der Waals surface area contributed by atoms with Gasteiger partial charge in [0.25, 0.3) is 0 Å². The van der Waals surface area contributed by atoms with E-state index in [9.17, 15) is 4.79 Å². The molecule has 0 aliphatic carbocycles. The van der Waals surface area contributed by atoms with Gasteiger partial charge < -0.3 is 4.79 Å². The summed E-state index contributed by atoms with van der Waals surface area (Å²) in [6, 6.07) is 0. The van der Waals surface area contributed by atoms with Crippen LogP contribution in [0.3, 0.4) is 0 Å². The minimum atomic E-state index is 0.277. The lowest BCUT2D eigenvalue weighted by molar-refractivity contribution is -0.116. The second kappa shape index (κ2) is 10.8. The number of ketones is 1. The average molecular weight is 262 g/mol. The molecule has 0 aliphatic heterocycles. The molecule has 0 aliphatic rings. The van der Waals surface area contributed by atoms with Gasteiger partial charge in [-0.1, -0.05) is 34.9 Å². The van der Waals surface area contributed by atoms with Crippen LogP contribution < -0.4 is 0 Å². The van der Waals surface area contributed by atoms with E-state index in [4.69, 9.17) is 0 Å². The van der Waals surface area contributed by atoms with Crippen LogP contribution in [0.25, 0.3) is 0 Å². The van der Waals surface area contributed by atoms with E-state index in [0.717, 1.165) is 32.1 Å². The highest BCUT2D eigenvalue weighted by Crippen LogP contribution is 2.12. The van der Waals surface area contributed by atoms with E-state index < -0.39 is 0 Å². The molecule has 0 radical (unpaired) electrons. The van der Waals surface area contributed by atoms with Gasteiger partial charge in [0.2, 0.25) is 0 Å². The molecule has 0 unspecified atom stereocenters. The van der Waals surface area contributed by atoms with Crippen molar-refractivity contribution in [1.29, 1.82) is 0 Å². The molecule has 0 N–H and O–H groups in total. The molecule has 0 bridgehead atoms. The number of hydrogen-bond donors (Lipinski definition) is 0. The number of hydrogen-bond acceptors (Lipinski definition) is 1. The van der Waals surface area contributed by atoms with Gasteiger partial charge in [-0.3, -0.25) is 0 Å². The summed E-state index contributed by atoms with van der Waals surface area (Å²) in [4.78, 5) is 10.8. The molecule has 0 aromatic rings. The summed E-state index contributed by atoms with van der Waals surface area (Å²) in [7, 11) is 0. The van der Waals surface area contributed by atoms with Gasteiger partial charge in [-0.15, -0.1) is 0 Å². The number of Topliss-reactive ketones (excluding diaryl/α,β-unsaturated/α-hetero) is 1. The molecule has 108 valence electrons. The summed E-state index contributed by atoms with van der Waals surface area (Å²) in [5, 5.41) is 0. The van der Waals surface area contributed by atoms with Crippen LogP contribution in [0.2, 0.25) is 0 Å². The van der Waals surface area contributed by atoms with Crippen molar-refractivity contribution in [2.75, 3.05) is 0 Å². The van der Waals surface area contributed by atoms with E-state index in [2.05, 4.69) is 45.9 Å². The van der Waals surface area contributed by atoms with Crippen LogP contribution in [0.1, 0.15) is 73.1 Å². The molecular weight excluding hydrogens is 232 g/mol. The van der Waals surface area contributed by atoms with Crippen molar-refractivity contribution in [1.82, 2.24) is 0 Å². The Morgan fingerprint density at radius 3 is 1.53 bits per heavy atom. The molecule has 0 spiro atoms. The summed E-state index contributed by atoms with van der Waals surface area (Å²) in [5.74, 6) is 0.277. The molecule has 0 amide bonds. The second-order valence-corrected chi connectivity index (χ2v) is 5.70. The maximum Gasteiger partial charge on any atom is 0.130 e. The van der Waals surface area contributed by atoms with Crippen LogP contribution in [0.5, 0.6) is 0 Å². The van der Waals surface area contributed by atoms with E-state index >= 15 is 0 Å². The smallest absolute Gasteiger partial charge is 0.130 e. The van der Waals surface area contributed by atoms with Gasteiger partial charge in [0.1, 0.15) is 5.78 Å². The van der Waals surface area contributed by atoms with Gasteiger partial charge in [-0.05, 0) is 66.7 Å². The standard InChI is InChI=1S/C18H30O/c1-15(2)9-6-10-16(3)11-7-12-17(4)13-8-14-18(5)19/h9,11,13H,6-8,10,12,14H2,1-5H3/b16-11?,17-13-. The Balaban J connectivity index is 3.86. The fourth-order valence-corrected chi connectivity index (χ4v) is 1.86. The van der Waals surface area contributed by atoms with Gasteiger partial charge in [0, 0.05) is 6.42 Å². The summed E-state index contributed by atoms with van der Waals surface area (Å²) in [6.07, 6.45) is 13.0. The van der Waals surface area contributed by atoms with E-state index in [1.54, 1.807) is 6.92 Å². The summed E-state index contributed by atoms with van der Waals surface area (Å²) in [6.45, 7) is 10.3. The molecule has 0 heterocycles. The molecule has 0 saturated heterocycles. The molecule has 0 aromatic carbocycles. The molecule has 1 heteroatoms. The minimum absolute atomic E-state index is 0.277. The molecule has 1 nitrogen and oxygen atoms in total. The Bertz CT molecular complexity index is 352. The first kappa shape index (κ1) is 17.9. The quantitative estimate of drug-likeness (QED) is 0.482. The highest BCUT2D eigenvalue weighted by molar-refractivity contribution is 5.75. The molecule has 0 aromatic heterocycles. The maximum atomic E-state index is 10.8. The van der Waals surface area contributed by atoms with Crippen LogP contribution in [0, 0.1) is 0 Å². The predicted octanol–water partition coefficient (Wildman–Crippen LogP) is 5.77. The lowest BCUT2D eigenvalue weighted by Crippen LogP contribution is -1.87. The third kappa shape index (κ3) is 13.1. The monoisotopic (exact) mass is 262 g/mol. The lowest BCUT2D eigenvalue weighted by Gasteiger charge is -2.01. The Morgan fingerprint density at radius 1 is 0.684 bits per heavy atom. The van der Waals surface area contributed by atoms with Crippen molar-refractivity contribution < 1.29 is 4.79 Å². The van der Waals surface area contributed by atoms with E-state index in [1.807, 2.05) is 0 Å². The van der Waals surface area contributed by atoms with Crippen LogP contribution in [0.15, 0.2) is 34.9 Å². The van der Waals surface area contributed by atoms with Gasteiger partial charge in [-0.2, -0.15) is 0 Å². The summed E-state index contributed by atoms with van der Waals surface area (Å²) < 4.78 is 0. The largest absolute Gasteiger partial charge is 0.300 e. The number of allylic oxidation sites excluding steroid dienone is 6. The Labute approximate surface area is 119 Å². The van der Waals surface area contributed by atoms with Crippen molar-refractivity contribution in [3.8, 4) is 0 Å². The van der Waals surface area contributed by atoms with Crippen LogP contribution in [0.4, 0.5) is 0 Å². The van der Waals surface area contributed by atoms with Gasteiger partial charge >= 0.3 is 0 Å². The van der Waals surface area contributed by atoms with Crippen molar-refractivity contribution in [3.05, 3.63) is 34.9 Å². The van der Waals surface area contributed by atoms with Gasteiger partial charge in [-0.25, -0.2) is 0 Å². The van der Waals surface area contributed by atoms with Gasteiger partial charge in [0.15, 0.2) is 0 Å². The molecule has 0 saturated carbocycles. The minimum Gasteiger partial charge on any atom is -0.300 e. The Kier molecular flexibility index (Phi) is 10.1. The van der Waals surface area contributed by atoms with Gasteiger partial charge in [0.05, 0.1) is 0 Å². The van der Waals surface area contributed by atoms with Crippen molar-refractivity contribution >= 4 is 5.78 Å². The molecular formula is C18H30O. The first-order valence-corrected chi connectivity index (χ1v) is 7.36. The summed E-state index contributed by atoms with van der Waals surface area (Å²) >= 11 is 0. The summed E-state index contributed by atoms with van der Waals surface area (Å²) in [5.41, 5.74) is 4.28. The zero-order chi connectivity index (χ0) is 14.7. The lowest BCUT2D eigenvalue weighted by atomic mass is 10.1. The Morgan fingerprint density at radius 2 is 1.11 bits per heavy atom. The van der Waals surface area contributed by atoms with Crippen molar-refractivity contribution in [2.45, 2.75) is 73.1 Å². The van der Waals surface area contributed by atoms with E-state index in [1.165, 1.54) is 16.7 Å². The number of carbonyl (C=O) groups is 1. The third-order valence-corrected chi connectivity index (χ3v) is 3.11. The van der Waals surface area contributed by atoms with E-state index in [-0.39, 0.29) is 5.78 Å². The zero-order valence-corrected chi connectivity index (χ0v) is 13.4. The second-order valence-electron chi connectivity index (χ2n) is 5.70. The highest BCUT2D eigenvalue weighted by atomic mass is 16.1. The Hall–Kier alpha value is -1.11. The molecule has 0 rings (SSSR count). The average Bonchev–Trinajstić information content (AvgIpc) is 2.27. The van der Waals surface area contributed by atoms with E-state index in [0.29, 0.717) is 6.42 Å². The normalized spacial score (nSPS) is 12.5. The van der Waals surface area contributed by atoms with Crippen molar-refractivity contribution in [2.24, 2.45) is 0 Å². The third-order valence-electron chi connectivity index (χ3n) is 3.11. The first-order chi connectivity index (χ1) is 8.91. The molecule has 19 heavy (non-hydrogen) atoms. The topological polar surface area (TPSA) is 17.1 Å². The first-order valence-electron chi connectivity index (χ1n) is 7.36. The fourth-order valence-electron chi connectivity index (χ4n) is 1.86. The highest BCUT2D eigenvalue weighted by Gasteiger charge is 1.93. The predicted molar refractivity (Wildman–Crippen MR) is 85.3 cm³/mol. The maximum absolute atomic E-state index is 10.8. The molecule has 0 fully saturated rings. The zero-order valence-electron chi connectivity index (χ0n) is 13.4. The van der Waals surface area contributed by atoms with Crippen molar-refractivity contribution in [3.63, 3.8) is 0 Å². The van der Waals surface area contributed by atoms with Crippen LogP contribution >= 0.6 is 0 Å². The van der Waals surface area contributed by atoms with Crippen LogP contribution in [-0.4, -0.2) is 5.78 Å². The van der Waals surface area contributed by atoms with Crippen LogP contribution in [-0.2, 0) is 4.79 Å². The number of carbonyl (C=O) groups excluding carboxylic acids is 1. The SMILES string of the molecule is CC(=O)CC/C=C(/C)CCC=C(C)CCC=C(C)C. The molecule has 0 atom stereocenters. The fraction of sp³-hybridized carbons (Fsp3) is 0.611. The number of rotatable bonds is 9.